The van der Waals surface area contributed by atoms with Crippen molar-refractivity contribution in [3.8, 4) is 6.07 Å². The van der Waals surface area contributed by atoms with Crippen molar-refractivity contribution >= 4 is 21.8 Å². The van der Waals surface area contributed by atoms with Crippen LogP contribution in [0.5, 0.6) is 0 Å². The molecule has 1 aliphatic carbocycles. The highest BCUT2D eigenvalue weighted by molar-refractivity contribution is 9.10. The van der Waals surface area contributed by atoms with Gasteiger partial charge in [-0.2, -0.15) is 5.26 Å². The summed E-state index contributed by atoms with van der Waals surface area (Å²) in [5.74, 6) is -0.0425. The van der Waals surface area contributed by atoms with Gasteiger partial charge < -0.3 is 5.32 Å². The summed E-state index contributed by atoms with van der Waals surface area (Å²) >= 11 is 3.45. The van der Waals surface area contributed by atoms with Crippen LogP contribution in [0.3, 0.4) is 0 Å². The van der Waals surface area contributed by atoms with Gasteiger partial charge >= 0.3 is 0 Å². The summed E-state index contributed by atoms with van der Waals surface area (Å²) in [6.07, 6.45) is 3.91. The molecule has 0 aromatic rings. The molecule has 4 heteroatoms. The van der Waals surface area contributed by atoms with E-state index in [0.717, 1.165) is 25.7 Å². The van der Waals surface area contributed by atoms with E-state index in [1.165, 1.54) is 0 Å². The second kappa shape index (κ2) is 4.10. The number of carbonyl (C=O) groups is 1. The number of hydrogen-bond acceptors (Lipinski definition) is 2. The molecule has 0 aliphatic heterocycles. The minimum Gasteiger partial charge on any atom is -0.339 e. The molecule has 0 spiro atoms. The van der Waals surface area contributed by atoms with Crippen LogP contribution in [0.25, 0.3) is 0 Å². The van der Waals surface area contributed by atoms with E-state index in [-0.39, 0.29) is 5.91 Å². The molecule has 1 amide bonds. The summed E-state index contributed by atoms with van der Waals surface area (Å²) in [6.45, 7) is 1.68. The molecule has 1 rings (SSSR count). The van der Waals surface area contributed by atoms with Gasteiger partial charge in [-0.3, -0.25) is 4.79 Å². The van der Waals surface area contributed by atoms with Gasteiger partial charge in [0.1, 0.15) is 10.4 Å². The normalized spacial score (nSPS) is 21.9. The Hall–Kier alpha value is -0.560. The Morgan fingerprint density at radius 3 is 2.62 bits per heavy atom. The van der Waals surface area contributed by atoms with Crippen LogP contribution >= 0.6 is 15.9 Å². The van der Waals surface area contributed by atoms with Gasteiger partial charge in [0.2, 0.25) is 5.91 Å². The van der Waals surface area contributed by atoms with E-state index in [1.54, 1.807) is 6.92 Å². The van der Waals surface area contributed by atoms with Crippen LogP contribution in [0, 0.1) is 11.3 Å². The molecule has 1 aliphatic rings. The van der Waals surface area contributed by atoms with Gasteiger partial charge in [0.25, 0.3) is 0 Å². The fourth-order valence-corrected chi connectivity index (χ4v) is 2.20. The Bertz CT molecular complexity index is 240. The van der Waals surface area contributed by atoms with Gasteiger partial charge in [-0.05, 0) is 19.8 Å². The van der Waals surface area contributed by atoms with Gasteiger partial charge in [0.15, 0.2) is 0 Å². The third-order valence-electron chi connectivity index (χ3n) is 2.34. The average Bonchev–Trinajstić information content (AvgIpc) is 2.53. The first-order chi connectivity index (χ1) is 6.08. The number of nitriles is 1. The predicted octanol–water partition coefficient (Wildman–Crippen LogP) is 1.72. The second-order valence-corrected chi connectivity index (χ2v) is 5.01. The minimum atomic E-state index is -0.405. The van der Waals surface area contributed by atoms with Crippen molar-refractivity contribution < 1.29 is 4.79 Å². The Balaban J connectivity index is 2.52. The van der Waals surface area contributed by atoms with Crippen molar-refractivity contribution in [2.75, 3.05) is 0 Å². The maximum Gasteiger partial charge on any atom is 0.237 e. The Morgan fingerprint density at radius 1 is 1.62 bits per heavy atom. The first kappa shape index (κ1) is 10.5. The second-order valence-electron chi connectivity index (χ2n) is 3.50. The lowest BCUT2D eigenvalue weighted by atomic mass is 10.1. The Morgan fingerprint density at radius 2 is 2.15 bits per heavy atom. The predicted molar refractivity (Wildman–Crippen MR) is 53.3 cm³/mol. The van der Waals surface area contributed by atoms with E-state index in [9.17, 15) is 4.79 Å². The molecule has 0 saturated heterocycles. The third kappa shape index (κ3) is 2.44. The van der Waals surface area contributed by atoms with Crippen LogP contribution in [-0.2, 0) is 4.79 Å². The zero-order chi connectivity index (χ0) is 9.90. The molecule has 1 unspecified atom stereocenters. The van der Waals surface area contributed by atoms with Gasteiger partial charge in [-0.25, -0.2) is 0 Å². The van der Waals surface area contributed by atoms with Crippen LogP contribution in [-0.4, -0.2) is 16.3 Å². The lowest BCUT2D eigenvalue weighted by Gasteiger charge is -2.20. The zero-order valence-corrected chi connectivity index (χ0v) is 9.23. The van der Waals surface area contributed by atoms with E-state index >= 15 is 0 Å². The number of alkyl halides is 1. The maximum absolute atomic E-state index is 11.6. The van der Waals surface area contributed by atoms with Crippen molar-refractivity contribution in [2.45, 2.75) is 43.0 Å². The van der Waals surface area contributed by atoms with Crippen LogP contribution in [0.15, 0.2) is 0 Å². The molecular weight excluding hydrogens is 232 g/mol. The molecule has 0 aromatic carbocycles. The SMILES string of the molecule is CC(C#N)NC(=O)C1(Br)CCCC1. The Labute approximate surface area is 86.6 Å². The molecule has 0 aromatic heterocycles. The zero-order valence-electron chi connectivity index (χ0n) is 7.64. The van der Waals surface area contributed by atoms with Gasteiger partial charge in [-0.1, -0.05) is 28.8 Å². The van der Waals surface area contributed by atoms with Crippen LogP contribution < -0.4 is 5.32 Å². The molecular formula is C9H13BrN2O. The van der Waals surface area contributed by atoms with Crippen molar-refractivity contribution in [3.63, 3.8) is 0 Å². The standard InChI is InChI=1S/C9H13BrN2O/c1-7(6-11)12-8(13)9(10)4-2-3-5-9/h7H,2-5H2,1H3,(H,12,13). The third-order valence-corrected chi connectivity index (χ3v) is 3.50. The van der Waals surface area contributed by atoms with Crippen LogP contribution in [0.1, 0.15) is 32.6 Å². The molecule has 13 heavy (non-hydrogen) atoms. The largest absolute Gasteiger partial charge is 0.339 e. The van der Waals surface area contributed by atoms with Crippen molar-refractivity contribution in [1.29, 1.82) is 5.26 Å². The van der Waals surface area contributed by atoms with Crippen LogP contribution in [0.4, 0.5) is 0 Å². The summed E-state index contributed by atoms with van der Waals surface area (Å²) in [5, 5.41) is 11.2. The van der Waals surface area contributed by atoms with Crippen molar-refractivity contribution in [3.05, 3.63) is 0 Å². The molecule has 0 bridgehead atoms. The average molecular weight is 245 g/mol. The maximum atomic E-state index is 11.6. The highest BCUT2D eigenvalue weighted by Crippen LogP contribution is 2.37. The van der Waals surface area contributed by atoms with E-state index in [1.807, 2.05) is 6.07 Å². The summed E-state index contributed by atoms with van der Waals surface area (Å²) in [7, 11) is 0. The van der Waals surface area contributed by atoms with Crippen molar-refractivity contribution in [2.24, 2.45) is 0 Å². The molecule has 1 fully saturated rings. The minimum absolute atomic E-state index is 0.0425. The first-order valence-electron chi connectivity index (χ1n) is 4.48. The molecule has 1 saturated carbocycles. The van der Waals surface area contributed by atoms with Crippen LogP contribution in [0.2, 0.25) is 0 Å². The number of nitrogens with one attached hydrogen (secondary N) is 1. The number of carbonyl (C=O) groups excluding carboxylic acids is 1. The number of nitrogens with zero attached hydrogens (tertiary/aromatic N) is 1. The van der Waals surface area contributed by atoms with E-state index in [2.05, 4.69) is 21.2 Å². The monoisotopic (exact) mass is 244 g/mol. The smallest absolute Gasteiger partial charge is 0.237 e. The van der Waals surface area contributed by atoms with Gasteiger partial charge in [-0.15, -0.1) is 0 Å². The summed E-state index contributed by atoms with van der Waals surface area (Å²) in [5.41, 5.74) is 0. The highest BCUT2D eigenvalue weighted by Gasteiger charge is 2.38. The fourth-order valence-electron chi connectivity index (χ4n) is 1.52. The summed E-state index contributed by atoms with van der Waals surface area (Å²) in [6, 6.07) is 1.58. The summed E-state index contributed by atoms with van der Waals surface area (Å²) in [4.78, 5) is 11.6. The van der Waals surface area contributed by atoms with Gasteiger partial charge in [0.05, 0.1) is 6.07 Å². The lowest BCUT2D eigenvalue weighted by molar-refractivity contribution is -0.123. The topological polar surface area (TPSA) is 52.9 Å². The first-order valence-corrected chi connectivity index (χ1v) is 5.27. The number of rotatable bonds is 2. The highest BCUT2D eigenvalue weighted by atomic mass is 79.9. The lowest BCUT2D eigenvalue weighted by Crippen LogP contribution is -2.43. The van der Waals surface area contributed by atoms with E-state index < -0.39 is 10.4 Å². The molecule has 0 heterocycles. The van der Waals surface area contributed by atoms with Gasteiger partial charge in [0, 0.05) is 0 Å². The number of halogens is 1. The Kier molecular flexibility index (Phi) is 3.32. The molecule has 3 nitrogen and oxygen atoms in total. The quantitative estimate of drug-likeness (QED) is 0.753. The fraction of sp³-hybridized carbons (Fsp3) is 0.778. The molecule has 72 valence electrons. The molecule has 1 N–H and O–H groups in total. The van der Waals surface area contributed by atoms with Crippen molar-refractivity contribution in [1.82, 2.24) is 5.32 Å². The molecule has 0 radical (unpaired) electrons. The summed E-state index contributed by atoms with van der Waals surface area (Å²) < 4.78 is -0.405. The number of hydrogen-bond donors (Lipinski definition) is 1. The van der Waals surface area contributed by atoms with E-state index in [0.29, 0.717) is 0 Å². The number of amides is 1. The van der Waals surface area contributed by atoms with E-state index in [4.69, 9.17) is 5.26 Å². The molecule has 1 atom stereocenters.